The molecule has 0 radical (unpaired) electrons. The van der Waals surface area contributed by atoms with E-state index in [0.717, 1.165) is 5.69 Å². The molecule has 0 bridgehead atoms. The van der Waals surface area contributed by atoms with Gasteiger partial charge < -0.3 is 10.0 Å². The summed E-state index contributed by atoms with van der Waals surface area (Å²) in [4.78, 5) is 13.0. The predicted molar refractivity (Wildman–Crippen MR) is 78.9 cm³/mol. The zero-order valence-electron chi connectivity index (χ0n) is 12.2. The maximum atomic E-state index is 11.1. The number of phenolic OH excluding ortho intramolecular Hbond substituents is 1. The van der Waals surface area contributed by atoms with E-state index >= 15 is 0 Å². The van der Waals surface area contributed by atoms with Gasteiger partial charge in [0.1, 0.15) is 19.3 Å². The van der Waals surface area contributed by atoms with Crippen molar-refractivity contribution in [2.24, 2.45) is 17.3 Å². The average molecular weight is 288 g/mol. The van der Waals surface area contributed by atoms with Crippen molar-refractivity contribution in [1.82, 2.24) is 5.10 Å². The van der Waals surface area contributed by atoms with E-state index in [9.17, 15) is 9.90 Å². The van der Waals surface area contributed by atoms with Gasteiger partial charge in [-0.25, -0.2) is 0 Å². The highest BCUT2D eigenvalue weighted by Gasteiger charge is 2.07. The molecular weight excluding hydrogens is 270 g/mol. The van der Waals surface area contributed by atoms with Crippen LogP contribution >= 0.6 is 0 Å². The molecule has 0 amide bonds. The van der Waals surface area contributed by atoms with Crippen molar-refractivity contribution in [3.63, 3.8) is 0 Å². The second-order valence-corrected chi connectivity index (χ2v) is 4.83. The van der Waals surface area contributed by atoms with E-state index in [0.29, 0.717) is 11.4 Å². The normalized spacial score (nSPS) is 11.0. The van der Waals surface area contributed by atoms with Gasteiger partial charge in [0.2, 0.25) is 0 Å². The maximum absolute atomic E-state index is 11.1. The monoisotopic (exact) mass is 288 g/mol. The molecule has 0 saturated heterocycles. The fourth-order valence-electron chi connectivity index (χ4n) is 1.77. The first-order valence-electron chi connectivity index (χ1n) is 6.43. The highest BCUT2D eigenvalue weighted by atomic mass is 16.3. The lowest BCUT2D eigenvalue weighted by molar-refractivity contribution is -0.719. The summed E-state index contributed by atoms with van der Waals surface area (Å²) in [7, 11) is 5.49. The van der Waals surface area contributed by atoms with Gasteiger partial charge >= 0.3 is 5.82 Å². The summed E-state index contributed by atoms with van der Waals surface area (Å²) in [6.45, 7) is 0.263. The Morgan fingerprint density at radius 3 is 2.67 bits per heavy atom. The number of anilines is 1. The summed E-state index contributed by atoms with van der Waals surface area (Å²) in [6, 6.07) is 8.38. The molecular formula is C14H18N5O2+. The van der Waals surface area contributed by atoms with Gasteiger partial charge in [-0.1, -0.05) is 11.2 Å². The minimum absolute atomic E-state index is 0.186. The van der Waals surface area contributed by atoms with Crippen LogP contribution in [0.25, 0.3) is 0 Å². The summed E-state index contributed by atoms with van der Waals surface area (Å²) < 4.78 is 1.49. The lowest BCUT2D eigenvalue weighted by atomic mass is 10.2. The first-order valence-corrected chi connectivity index (χ1v) is 6.43. The van der Waals surface area contributed by atoms with Gasteiger partial charge in [0, 0.05) is 43.5 Å². The molecule has 7 nitrogen and oxygen atoms in total. The SMILES string of the molecule is CN(C)c1ccc(CN=Nc2ccc(=O)[nH][n+]2C)c(O)c1. The summed E-state index contributed by atoms with van der Waals surface area (Å²) in [5.74, 6) is 0.713. The number of benzene rings is 1. The number of hydrogen-bond acceptors (Lipinski definition) is 5. The van der Waals surface area contributed by atoms with Crippen LogP contribution in [-0.2, 0) is 13.6 Å². The Morgan fingerprint density at radius 1 is 1.29 bits per heavy atom. The fraction of sp³-hybridized carbons (Fsp3) is 0.286. The smallest absolute Gasteiger partial charge is 0.368 e. The number of phenols is 1. The number of aromatic nitrogens is 2. The van der Waals surface area contributed by atoms with Gasteiger partial charge in [-0.15, -0.1) is 0 Å². The quantitative estimate of drug-likeness (QED) is 0.656. The zero-order valence-corrected chi connectivity index (χ0v) is 12.2. The Hall–Kier alpha value is -2.70. The van der Waals surface area contributed by atoms with Crippen LogP contribution in [0.4, 0.5) is 11.5 Å². The molecule has 0 atom stereocenters. The molecule has 2 rings (SSSR count). The Balaban J connectivity index is 2.12. The van der Waals surface area contributed by atoms with Crippen molar-refractivity contribution in [2.75, 3.05) is 19.0 Å². The van der Waals surface area contributed by atoms with Crippen molar-refractivity contribution in [3.05, 3.63) is 46.2 Å². The first-order chi connectivity index (χ1) is 9.97. The second kappa shape index (κ2) is 6.17. The third-order valence-electron chi connectivity index (χ3n) is 3.00. The summed E-state index contributed by atoms with van der Waals surface area (Å²) in [5, 5.41) is 20.6. The fourth-order valence-corrected chi connectivity index (χ4v) is 1.77. The van der Waals surface area contributed by atoms with E-state index in [-0.39, 0.29) is 17.9 Å². The van der Waals surface area contributed by atoms with Gasteiger partial charge in [0.25, 0.3) is 5.56 Å². The van der Waals surface area contributed by atoms with Crippen molar-refractivity contribution >= 4 is 11.5 Å². The van der Waals surface area contributed by atoms with E-state index in [1.54, 1.807) is 19.2 Å². The van der Waals surface area contributed by atoms with Crippen LogP contribution in [0.1, 0.15) is 5.56 Å². The summed E-state index contributed by atoms with van der Waals surface area (Å²) in [5.41, 5.74) is 1.41. The second-order valence-electron chi connectivity index (χ2n) is 4.83. The topological polar surface area (TPSA) is 84.9 Å². The Morgan fingerprint density at radius 2 is 2.05 bits per heavy atom. The number of nitrogens with zero attached hydrogens (tertiary/aromatic N) is 4. The molecule has 1 aromatic carbocycles. The Kier molecular flexibility index (Phi) is 4.32. The van der Waals surface area contributed by atoms with Crippen LogP contribution in [0, 0.1) is 0 Å². The number of rotatable bonds is 4. The van der Waals surface area contributed by atoms with E-state index in [4.69, 9.17) is 0 Å². The van der Waals surface area contributed by atoms with Gasteiger partial charge in [-0.3, -0.25) is 4.79 Å². The van der Waals surface area contributed by atoms with Crippen LogP contribution in [0.5, 0.6) is 5.75 Å². The first kappa shape index (κ1) is 14.7. The van der Waals surface area contributed by atoms with E-state index < -0.39 is 0 Å². The lowest BCUT2D eigenvalue weighted by Gasteiger charge is -2.13. The highest BCUT2D eigenvalue weighted by molar-refractivity contribution is 5.52. The third-order valence-corrected chi connectivity index (χ3v) is 3.00. The molecule has 7 heteroatoms. The van der Waals surface area contributed by atoms with Crippen molar-refractivity contribution in [1.29, 1.82) is 0 Å². The molecule has 1 heterocycles. The largest absolute Gasteiger partial charge is 0.508 e. The van der Waals surface area contributed by atoms with Crippen LogP contribution in [0.15, 0.2) is 45.4 Å². The maximum Gasteiger partial charge on any atom is 0.368 e. The van der Waals surface area contributed by atoms with Crippen LogP contribution in [0.3, 0.4) is 0 Å². The van der Waals surface area contributed by atoms with Crippen LogP contribution < -0.4 is 15.1 Å². The molecule has 0 spiro atoms. The number of aromatic hydroxyl groups is 1. The average Bonchev–Trinajstić information content (AvgIpc) is 2.42. The molecule has 0 unspecified atom stereocenters. The number of aryl methyl sites for hydroxylation is 1. The zero-order chi connectivity index (χ0) is 15.4. The van der Waals surface area contributed by atoms with Crippen LogP contribution in [-0.4, -0.2) is 24.3 Å². The van der Waals surface area contributed by atoms with Crippen molar-refractivity contribution in [3.8, 4) is 5.75 Å². The van der Waals surface area contributed by atoms with E-state index in [2.05, 4.69) is 15.3 Å². The van der Waals surface area contributed by atoms with Gasteiger partial charge in [-0.05, 0) is 6.07 Å². The lowest BCUT2D eigenvalue weighted by Crippen LogP contribution is -2.38. The van der Waals surface area contributed by atoms with Gasteiger partial charge in [-0.2, -0.15) is 9.78 Å². The molecule has 0 aliphatic rings. The molecule has 21 heavy (non-hydrogen) atoms. The minimum atomic E-state index is -0.201. The molecule has 110 valence electrons. The molecule has 0 fully saturated rings. The molecule has 2 aromatic rings. The number of hydrogen-bond donors (Lipinski definition) is 2. The molecule has 0 aliphatic carbocycles. The van der Waals surface area contributed by atoms with Gasteiger partial charge in [0.15, 0.2) is 0 Å². The van der Waals surface area contributed by atoms with E-state index in [1.165, 1.54) is 10.7 Å². The Bertz CT molecular complexity index is 722. The van der Waals surface area contributed by atoms with Crippen LogP contribution in [0.2, 0.25) is 0 Å². The summed E-state index contributed by atoms with van der Waals surface area (Å²) in [6.07, 6.45) is 0. The Labute approximate surface area is 122 Å². The van der Waals surface area contributed by atoms with Gasteiger partial charge in [0.05, 0.1) is 5.11 Å². The summed E-state index contributed by atoms with van der Waals surface area (Å²) >= 11 is 0. The number of aromatic amines is 1. The van der Waals surface area contributed by atoms with E-state index in [1.807, 2.05) is 31.1 Å². The number of azo groups is 1. The molecule has 1 aromatic heterocycles. The minimum Gasteiger partial charge on any atom is -0.508 e. The number of nitrogens with one attached hydrogen (secondary N) is 1. The van der Waals surface area contributed by atoms with Crippen molar-refractivity contribution < 1.29 is 9.79 Å². The number of H-pyrrole nitrogens is 1. The third kappa shape index (κ3) is 3.65. The molecule has 0 aliphatic heterocycles. The molecule has 0 saturated carbocycles. The van der Waals surface area contributed by atoms with Crippen molar-refractivity contribution in [2.45, 2.75) is 6.54 Å². The standard InChI is InChI=1S/C14H17N5O2/c1-18(2)11-5-4-10(12(20)8-11)9-15-16-13-6-7-14(21)17-19(13)3/h4-8H,9H2,1-3H3,(H-,15,17,20,21)/p+1. The highest BCUT2D eigenvalue weighted by Crippen LogP contribution is 2.24. The molecule has 2 N–H and O–H groups in total. The predicted octanol–water partition coefficient (Wildman–Crippen LogP) is 1.25.